The molecule has 39 heavy (non-hydrogen) atoms. The van der Waals surface area contributed by atoms with Crippen molar-refractivity contribution in [3.63, 3.8) is 0 Å². The van der Waals surface area contributed by atoms with Crippen LogP contribution in [0, 0.1) is 11.2 Å². The number of ether oxygens (including phenoxy) is 3. The predicted molar refractivity (Wildman–Crippen MR) is 141 cm³/mol. The molecule has 0 saturated carbocycles. The standard InChI is InChI=1S/C26H32FN5O6S/c1-16(21-11-17(14-39-21)24(28)29)31-25(35)20-12-26(37-9-10-38-26)15-32(20)23(34)13-30-22(33)3-2-8-36-19-6-4-18(27)5-7-19/h4-7,11,14,16,20H,2-3,8-10,12-13,15H2,1H3,(H3,28,29)(H,30,33)(H,31,35)/t16?,20-/m0/s1. The van der Waals surface area contributed by atoms with E-state index < -0.39 is 17.7 Å². The first kappa shape index (κ1) is 28.5. The van der Waals surface area contributed by atoms with E-state index in [2.05, 4.69) is 10.6 Å². The number of hydrogen-bond donors (Lipinski definition) is 4. The molecule has 1 aromatic heterocycles. The molecular weight excluding hydrogens is 529 g/mol. The van der Waals surface area contributed by atoms with Crippen LogP contribution in [0.15, 0.2) is 35.7 Å². The molecule has 2 atom stereocenters. The van der Waals surface area contributed by atoms with Crippen molar-refractivity contribution in [2.45, 2.75) is 44.1 Å². The van der Waals surface area contributed by atoms with E-state index in [-0.39, 0.29) is 62.0 Å². The molecule has 1 unspecified atom stereocenters. The molecule has 2 fully saturated rings. The number of halogens is 1. The van der Waals surface area contributed by atoms with E-state index in [1.54, 1.807) is 11.4 Å². The Hall–Kier alpha value is -3.55. The normalized spacial score (nSPS) is 18.6. The minimum absolute atomic E-state index is 0.0523. The second-order valence-corrected chi connectivity index (χ2v) is 10.4. The van der Waals surface area contributed by atoms with Crippen molar-refractivity contribution in [3.8, 4) is 5.75 Å². The predicted octanol–water partition coefficient (Wildman–Crippen LogP) is 1.67. The summed E-state index contributed by atoms with van der Waals surface area (Å²) < 4.78 is 30.0. The van der Waals surface area contributed by atoms with E-state index in [0.717, 1.165) is 4.88 Å². The zero-order valence-electron chi connectivity index (χ0n) is 21.5. The number of thiophene rings is 1. The second kappa shape index (κ2) is 12.5. The van der Waals surface area contributed by atoms with Gasteiger partial charge in [0.15, 0.2) is 5.79 Å². The molecule has 13 heteroatoms. The van der Waals surface area contributed by atoms with Crippen LogP contribution < -0.4 is 21.1 Å². The van der Waals surface area contributed by atoms with E-state index in [0.29, 0.717) is 30.9 Å². The monoisotopic (exact) mass is 561 g/mol. The zero-order valence-corrected chi connectivity index (χ0v) is 22.4. The molecular formula is C26H32FN5O6S. The van der Waals surface area contributed by atoms with Crippen LogP contribution in [0.5, 0.6) is 5.75 Å². The topological polar surface area (TPSA) is 156 Å². The van der Waals surface area contributed by atoms with E-state index in [1.165, 1.54) is 40.5 Å². The summed E-state index contributed by atoms with van der Waals surface area (Å²) in [5.41, 5.74) is 6.12. The molecule has 210 valence electrons. The Morgan fingerprint density at radius 3 is 2.67 bits per heavy atom. The Morgan fingerprint density at radius 2 is 2.00 bits per heavy atom. The summed E-state index contributed by atoms with van der Waals surface area (Å²) in [6, 6.07) is 6.13. The fourth-order valence-corrected chi connectivity index (χ4v) is 5.38. The largest absolute Gasteiger partial charge is 0.494 e. The van der Waals surface area contributed by atoms with Gasteiger partial charge in [0.2, 0.25) is 17.7 Å². The lowest BCUT2D eigenvalue weighted by molar-refractivity contribution is -0.152. The fraction of sp³-hybridized carbons (Fsp3) is 0.462. The van der Waals surface area contributed by atoms with Crippen molar-refractivity contribution in [3.05, 3.63) is 52.0 Å². The average molecular weight is 562 g/mol. The number of nitrogens with zero attached hydrogens (tertiary/aromatic N) is 1. The first-order valence-electron chi connectivity index (χ1n) is 12.6. The molecule has 5 N–H and O–H groups in total. The van der Waals surface area contributed by atoms with Crippen LogP contribution >= 0.6 is 11.3 Å². The Balaban J connectivity index is 1.29. The number of nitrogens with two attached hydrogens (primary N) is 1. The van der Waals surface area contributed by atoms with Gasteiger partial charge in [0.25, 0.3) is 0 Å². The average Bonchev–Trinajstić information content (AvgIpc) is 3.67. The van der Waals surface area contributed by atoms with Gasteiger partial charge < -0.3 is 35.5 Å². The van der Waals surface area contributed by atoms with E-state index in [4.69, 9.17) is 25.4 Å². The number of carbonyl (C=O) groups is 3. The van der Waals surface area contributed by atoms with Crippen molar-refractivity contribution in [1.82, 2.24) is 15.5 Å². The summed E-state index contributed by atoms with van der Waals surface area (Å²) >= 11 is 1.38. The summed E-state index contributed by atoms with van der Waals surface area (Å²) in [6.07, 6.45) is 0.715. The van der Waals surface area contributed by atoms with Crippen molar-refractivity contribution in [2.24, 2.45) is 5.73 Å². The molecule has 1 aromatic carbocycles. The van der Waals surface area contributed by atoms with Crippen LogP contribution in [-0.4, -0.2) is 73.2 Å². The lowest BCUT2D eigenvalue weighted by Crippen LogP contribution is -2.49. The van der Waals surface area contributed by atoms with E-state index in [1.807, 2.05) is 6.92 Å². The van der Waals surface area contributed by atoms with Crippen LogP contribution in [0.2, 0.25) is 0 Å². The van der Waals surface area contributed by atoms with Crippen LogP contribution in [-0.2, 0) is 23.9 Å². The summed E-state index contributed by atoms with van der Waals surface area (Å²) in [5.74, 6) is -2.08. The van der Waals surface area contributed by atoms with Crippen LogP contribution in [0.3, 0.4) is 0 Å². The van der Waals surface area contributed by atoms with Crippen LogP contribution in [0.4, 0.5) is 4.39 Å². The van der Waals surface area contributed by atoms with Gasteiger partial charge in [-0.3, -0.25) is 19.8 Å². The number of rotatable bonds is 11. The molecule has 2 aliphatic heterocycles. The van der Waals surface area contributed by atoms with Gasteiger partial charge >= 0.3 is 0 Å². The third kappa shape index (κ3) is 7.31. The molecule has 3 heterocycles. The van der Waals surface area contributed by atoms with E-state index in [9.17, 15) is 18.8 Å². The number of likely N-dealkylation sites (tertiary alicyclic amines) is 1. The lowest BCUT2D eigenvalue weighted by Gasteiger charge is -2.25. The molecule has 0 radical (unpaired) electrons. The first-order valence-corrected chi connectivity index (χ1v) is 13.5. The van der Waals surface area contributed by atoms with Crippen molar-refractivity contribution in [2.75, 3.05) is 32.9 Å². The quantitative estimate of drug-likeness (QED) is 0.185. The highest BCUT2D eigenvalue weighted by Crippen LogP contribution is 2.35. The number of amides is 3. The smallest absolute Gasteiger partial charge is 0.243 e. The lowest BCUT2D eigenvalue weighted by atomic mass is 10.1. The molecule has 2 aromatic rings. The number of carbonyl (C=O) groups excluding carboxylic acids is 3. The van der Waals surface area contributed by atoms with Gasteiger partial charge in [0.05, 0.1) is 39.0 Å². The molecule has 3 amide bonds. The summed E-state index contributed by atoms with van der Waals surface area (Å²) in [7, 11) is 0. The number of nitrogens with one attached hydrogen (secondary N) is 3. The highest BCUT2D eigenvalue weighted by molar-refractivity contribution is 7.10. The van der Waals surface area contributed by atoms with Crippen molar-refractivity contribution < 1.29 is 33.0 Å². The molecule has 11 nitrogen and oxygen atoms in total. The maximum absolute atomic E-state index is 13.3. The van der Waals surface area contributed by atoms with Gasteiger partial charge in [-0.15, -0.1) is 11.3 Å². The summed E-state index contributed by atoms with van der Waals surface area (Å²) in [4.78, 5) is 40.9. The maximum atomic E-state index is 13.3. The zero-order chi connectivity index (χ0) is 28.0. The minimum Gasteiger partial charge on any atom is -0.494 e. The SMILES string of the molecule is CC(NC(=O)[C@@H]1CC2(CN1C(=O)CNC(=O)CCCOc1ccc(F)cc1)OCCO2)c1cc(C(=N)N)cs1. The Labute approximate surface area is 229 Å². The van der Waals surface area contributed by atoms with Crippen LogP contribution in [0.25, 0.3) is 0 Å². The van der Waals surface area contributed by atoms with Crippen LogP contribution in [0.1, 0.15) is 42.7 Å². The molecule has 0 aliphatic carbocycles. The first-order chi connectivity index (χ1) is 18.7. The number of nitrogen functional groups attached to an aromatic ring is 1. The Kier molecular flexibility index (Phi) is 9.15. The molecule has 2 saturated heterocycles. The second-order valence-electron chi connectivity index (χ2n) is 9.41. The maximum Gasteiger partial charge on any atom is 0.243 e. The number of amidine groups is 1. The number of benzene rings is 1. The highest BCUT2D eigenvalue weighted by atomic mass is 32.1. The summed E-state index contributed by atoms with van der Waals surface area (Å²) in [6.45, 7) is 2.61. The fourth-order valence-electron chi connectivity index (χ4n) is 4.46. The van der Waals surface area contributed by atoms with Gasteiger partial charge in [-0.1, -0.05) is 0 Å². The van der Waals surface area contributed by atoms with E-state index >= 15 is 0 Å². The highest BCUT2D eigenvalue weighted by Gasteiger charge is 2.52. The van der Waals surface area contributed by atoms with Gasteiger partial charge in [-0.25, -0.2) is 4.39 Å². The van der Waals surface area contributed by atoms with Gasteiger partial charge in [-0.2, -0.15) is 0 Å². The van der Waals surface area contributed by atoms with Crippen molar-refractivity contribution in [1.29, 1.82) is 5.41 Å². The molecule has 4 rings (SSSR count). The summed E-state index contributed by atoms with van der Waals surface area (Å²) in [5, 5.41) is 14.9. The third-order valence-corrected chi connectivity index (χ3v) is 7.63. The molecule has 2 aliphatic rings. The van der Waals surface area contributed by atoms with Crippen molar-refractivity contribution >= 4 is 34.9 Å². The Bertz CT molecular complexity index is 1200. The van der Waals surface area contributed by atoms with Gasteiger partial charge in [-0.05, 0) is 43.7 Å². The van der Waals surface area contributed by atoms with Gasteiger partial charge in [0, 0.05) is 28.7 Å². The third-order valence-electron chi connectivity index (χ3n) is 6.51. The Morgan fingerprint density at radius 1 is 1.28 bits per heavy atom. The van der Waals surface area contributed by atoms with Gasteiger partial charge in [0.1, 0.15) is 23.4 Å². The molecule has 0 bridgehead atoms. The number of hydrogen-bond acceptors (Lipinski definition) is 8. The molecule has 1 spiro atoms. The minimum atomic E-state index is -1.05.